The molecule has 0 aliphatic carbocycles. The Hall–Kier alpha value is -2.27. The van der Waals surface area contributed by atoms with Crippen LogP contribution in [0.25, 0.3) is 21.8 Å². The summed E-state index contributed by atoms with van der Waals surface area (Å²) in [5, 5.41) is 1.93. The minimum absolute atomic E-state index is 0. The zero-order valence-corrected chi connectivity index (χ0v) is 15.0. The fourth-order valence-electron chi connectivity index (χ4n) is 2.82. The third kappa shape index (κ3) is 3.04. The molecule has 0 fully saturated rings. The first-order chi connectivity index (χ1) is 11.0. The Morgan fingerprint density at radius 1 is 1.25 bits per heavy atom. The van der Waals surface area contributed by atoms with E-state index >= 15 is 0 Å². The number of pyridine rings is 1. The number of nitrogens with one attached hydrogen (secondary N) is 1. The molecule has 0 amide bonds. The van der Waals surface area contributed by atoms with Crippen LogP contribution in [0.15, 0.2) is 24.4 Å². The summed E-state index contributed by atoms with van der Waals surface area (Å²) < 4.78 is 11.0. The number of carbonyl (C=O) groups is 1. The van der Waals surface area contributed by atoms with Crippen molar-refractivity contribution in [2.45, 2.75) is 33.8 Å². The SMILES string of the molecule is CCOC(=O)c1ncc2[nH]c3cccc(OC(C)C)c3c2c1C.Cl. The zero-order valence-electron chi connectivity index (χ0n) is 14.2. The van der Waals surface area contributed by atoms with Crippen LogP contribution < -0.4 is 4.74 Å². The first-order valence-electron chi connectivity index (χ1n) is 7.76. The van der Waals surface area contributed by atoms with Gasteiger partial charge in [0.15, 0.2) is 5.69 Å². The van der Waals surface area contributed by atoms with Crippen molar-refractivity contribution in [1.82, 2.24) is 9.97 Å². The maximum atomic E-state index is 12.1. The van der Waals surface area contributed by atoms with Crippen molar-refractivity contribution in [3.05, 3.63) is 35.7 Å². The van der Waals surface area contributed by atoms with Gasteiger partial charge in [0.2, 0.25) is 0 Å². The number of nitrogens with zero attached hydrogens (tertiary/aromatic N) is 1. The third-order valence-corrected chi connectivity index (χ3v) is 3.70. The standard InChI is InChI=1S/C18H20N2O3.ClH/c1-5-22-18(21)17-11(4)15-13(9-19-17)20-12-7-6-8-14(16(12)15)23-10(2)3;/h6-10,20H,5H2,1-4H3;1H. The largest absolute Gasteiger partial charge is 0.490 e. The summed E-state index contributed by atoms with van der Waals surface area (Å²) in [6.07, 6.45) is 1.74. The average Bonchev–Trinajstić information content (AvgIpc) is 2.87. The summed E-state index contributed by atoms with van der Waals surface area (Å²) in [5.41, 5.74) is 2.99. The van der Waals surface area contributed by atoms with Gasteiger partial charge >= 0.3 is 5.97 Å². The highest BCUT2D eigenvalue weighted by molar-refractivity contribution is 6.13. The van der Waals surface area contributed by atoms with E-state index in [1.54, 1.807) is 13.1 Å². The highest BCUT2D eigenvalue weighted by Crippen LogP contribution is 2.36. The summed E-state index contributed by atoms with van der Waals surface area (Å²) in [4.78, 5) is 19.7. The fourth-order valence-corrected chi connectivity index (χ4v) is 2.82. The van der Waals surface area contributed by atoms with Crippen molar-refractivity contribution in [2.24, 2.45) is 0 Å². The van der Waals surface area contributed by atoms with E-state index in [4.69, 9.17) is 9.47 Å². The molecule has 1 N–H and O–H groups in total. The number of hydrogen-bond donors (Lipinski definition) is 1. The number of rotatable bonds is 4. The van der Waals surface area contributed by atoms with E-state index in [2.05, 4.69) is 9.97 Å². The molecule has 0 bridgehead atoms. The molecule has 2 aromatic heterocycles. The Morgan fingerprint density at radius 2 is 2.00 bits per heavy atom. The number of H-pyrrole nitrogens is 1. The van der Waals surface area contributed by atoms with Crippen LogP contribution in [0.2, 0.25) is 0 Å². The molecular formula is C18H21ClN2O3. The Kier molecular flexibility index (Phi) is 5.34. The second-order valence-corrected chi connectivity index (χ2v) is 5.71. The predicted molar refractivity (Wildman–Crippen MR) is 97.3 cm³/mol. The molecule has 0 radical (unpaired) electrons. The Labute approximate surface area is 146 Å². The minimum Gasteiger partial charge on any atom is -0.490 e. The smallest absolute Gasteiger partial charge is 0.357 e. The number of benzene rings is 1. The van der Waals surface area contributed by atoms with Crippen molar-refractivity contribution in [3.8, 4) is 5.75 Å². The van der Waals surface area contributed by atoms with Gasteiger partial charge in [0, 0.05) is 10.8 Å². The summed E-state index contributed by atoms with van der Waals surface area (Å²) in [6.45, 7) is 7.99. The maximum absolute atomic E-state index is 12.1. The van der Waals surface area contributed by atoms with Crippen molar-refractivity contribution in [3.63, 3.8) is 0 Å². The number of aryl methyl sites for hydroxylation is 1. The molecule has 3 aromatic rings. The summed E-state index contributed by atoms with van der Waals surface area (Å²) >= 11 is 0. The molecule has 2 heterocycles. The summed E-state index contributed by atoms with van der Waals surface area (Å²) in [7, 11) is 0. The molecule has 0 aliphatic rings. The number of aromatic nitrogens is 2. The lowest BCUT2D eigenvalue weighted by Crippen LogP contribution is -2.09. The molecule has 0 aliphatic heterocycles. The van der Waals surface area contributed by atoms with Crippen LogP contribution in [-0.2, 0) is 4.74 Å². The Balaban J connectivity index is 0.00000208. The lowest BCUT2D eigenvalue weighted by Gasteiger charge is -2.12. The molecule has 5 nitrogen and oxygen atoms in total. The van der Waals surface area contributed by atoms with Crippen molar-refractivity contribution >= 4 is 40.2 Å². The molecule has 3 rings (SSSR count). The van der Waals surface area contributed by atoms with Gasteiger partial charge in [0.05, 0.1) is 29.9 Å². The Morgan fingerprint density at radius 3 is 2.67 bits per heavy atom. The van der Waals surface area contributed by atoms with Gasteiger partial charge in [-0.05, 0) is 45.4 Å². The average molecular weight is 349 g/mol. The van der Waals surface area contributed by atoms with Gasteiger partial charge in [-0.15, -0.1) is 12.4 Å². The highest BCUT2D eigenvalue weighted by atomic mass is 35.5. The monoisotopic (exact) mass is 348 g/mol. The molecule has 1 aromatic carbocycles. The van der Waals surface area contributed by atoms with Crippen LogP contribution >= 0.6 is 12.4 Å². The van der Waals surface area contributed by atoms with Crippen LogP contribution in [0.1, 0.15) is 36.8 Å². The molecule has 0 saturated carbocycles. The summed E-state index contributed by atoms with van der Waals surface area (Å²) in [6, 6.07) is 5.88. The van der Waals surface area contributed by atoms with Crippen LogP contribution in [0.4, 0.5) is 0 Å². The van der Waals surface area contributed by atoms with Gasteiger partial charge in [-0.25, -0.2) is 9.78 Å². The molecule has 6 heteroatoms. The first-order valence-corrected chi connectivity index (χ1v) is 7.76. The second-order valence-electron chi connectivity index (χ2n) is 5.71. The molecule has 0 atom stereocenters. The fraction of sp³-hybridized carbons (Fsp3) is 0.333. The number of aromatic amines is 1. The van der Waals surface area contributed by atoms with E-state index in [-0.39, 0.29) is 18.5 Å². The van der Waals surface area contributed by atoms with Crippen LogP contribution in [0, 0.1) is 6.92 Å². The van der Waals surface area contributed by atoms with E-state index in [0.717, 1.165) is 33.1 Å². The number of ether oxygens (including phenoxy) is 2. The number of carbonyl (C=O) groups excluding carboxylic acids is 1. The molecule has 24 heavy (non-hydrogen) atoms. The topological polar surface area (TPSA) is 64.2 Å². The van der Waals surface area contributed by atoms with Crippen molar-refractivity contribution in [1.29, 1.82) is 0 Å². The zero-order chi connectivity index (χ0) is 16.6. The molecule has 0 spiro atoms. The quantitative estimate of drug-likeness (QED) is 0.709. The van der Waals surface area contributed by atoms with E-state index in [0.29, 0.717) is 12.3 Å². The number of fused-ring (bicyclic) bond motifs is 3. The van der Waals surface area contributed by atoms with E-state index in [1.807, 2.05) is 39.0 Å². The molecular weight excluding hydrogens is 328 g/mol. The van der Waals surface area contributed by atoms with Crippen LogP contribution in [-0.4, -0.2) is 28.6 Å². The van der Waals surface area contributed by atoms with Gasteiger partial charge in [-0.1, -0.05) is 6.07 Å². The minimum atomic E-state index is -0.400. The van der Waals surface area contributed by atoms with E-state index < -0.39 is 5.97 Å². The van der Waals surface area contributed by atoms with E-state index in [9.17, 15) is 4.79 Å². The number of esters is 1. The summed E-state index contributed by atoms with van der Waals surface area (Å²) in [5.74, 6) is 0.399. The van der Waals surface area contributed by atoms with Gasteiger partial charge in [-0.2, -0.15) is 0 Å². The molecule has 0 saturated heterocycles. The normalized spacial score (nSPS) is 10.9. The van der Waals surface area contributed by atoms with Crippen LogP contribution in [0.5, 0.6) is 5.75 Å². The van der Waals surface area contributed by atoms with Gasteiger partial charge in [0.1, 0.15) is 5.75 Å². The van der Waals surface area contributed by atoms with Crippen molar-refractivity contribution < 1.29 is 14.3 Å². The van der Waals surface area contributed by atoms with Crippen molar-refractivity contribution in [2.75, 3.05) is 6.61 Å². The first kappa shape index (κ1) is 18.1. The van der Waals surface area contributed by atoms with Gasteiger partial charge in [-0.3, -0.25) is 0 Å². The maximum Gasteiger partial charge on any atom is 0.357 e. The van der Waals surface area contributed by atoms with Crippen LogP contribution in [0.3, 0.4) is 0 Å². The lowest BCUT2D eigenvalue weighted by atomic mass is 10.1. The highest BCUT2D eigenvalue weighted by Gasteiger charge is 2.19. The molecule has 128 valence electrons. The number of halogens is 1. The van der Waals surface area contributed by atoms with Gasteiger partial charge < -0.3 is 14.5 Å². The predicted octanol–water partition coefficient (Wildman–Crippen LogP) is 4.41. The second kappa shape index (κ2) is 7.09. The molecule has 0 unspecified atom stereocenters. The van der Waals surface area contributed by atoms with Gasteiger partial charge in [0.25, 0.3) is 0 Å². The van der Waals surface area contributed by atoms with E-state index in [1.165, 1.54) is 0 Å². The lowest BCUT2D eigenvalue weighted by molar-refractivity contribution is 0.0519. The number of hydrogen-bond acceptors (Lipinski definition) is 4. The third-order valence-electron chi connectivity index (χ3n) is 3.70. The Bertz CT molecular complexity index is 887.